The van der Waals surface area contributed by atoms with Gasteiger partial charge in [-0.3, -0.25) is 4.79 Å². The molecule has 0 saturated carbocycles. The van der Waals surface area contributed by atoms with Gasteiger partial charge < -0.3 is 15.8 Å². The lowest BCUT2D eigenvalue weighted by molar-refractivity contribution is -0.146. The van der Waals surface area contributed by atoms with Crippen molar-refractivity contribution in [1.29, 1.82) is 0 Å². The molecule has 0 aromatic heterocycles. The Morgan fingerprint density at radius 3 is 2.42 bits per heavy atom. The normalized spacial score (nSPS) is 11.7. The van der Waals surface area contributed by atoms with Crippen LogP contribution < -0.4 is 11.1 Å². The molecule has 0 fully saturated rings. The first-order valence-corrected chi connectivity index (χ1v) is 6.40. The van der Waals surface area contributed by atoms with Crippen LogP contribution in [0, 0.1) is 0 Å². The van der Waals surface area contributed by atoms with Gasteiger partial charge in [0.2, 0.25) is 0 Å². The van der Waals surface area contributed by atoms with Crippen molar-refractivity contribution in [3.63, 3.8) is 0 Å². The summed E-state index contributed by atoms with van der Waals surface area (Å²) in [5.74, 6) is -1.29. The Morgan fingerprint density at radius 1 is 1.26 bits per heavy atom. The predicted octanol–water partition coefficient (Wildman–Crippen LogP) is 1.47. The minimum Gasteiger partial charge on any atom is -0.464 e. The summed E-state index contributed by atoms with van der Waals surface area (Å²) >= 11 is 0. The molecule has 1 amide bonds. The van der Waals surface area contributed by atoms with Gasteiger partial charge in [-0.2, -0.15) is 0 Å². The fourth-order valence-electron chi connectivity index (χ4n) is 1.60. The van der Waals surface area contributed by atoms with E-state index in [0.29, 0.717) is 5.69 Å². The van der Waals surface area contributed by atoms with Crippen LogP contribution in [0.5, 0.6) is 0 Å². The molecule has 0 aliphatic rings. The lowest BCUT2D eigenvalue weighted by Crippen LogP contribution is -2.43. The SMILES string of the molecule is CCCc1ccc(NC(=O)C(N)C(=O)OCC)cc1. The number of rotatable bonds is 6. The van der Waals surface area contributed by atoms with Crippen LogP contribution in [0.3, 0.4) is 0 Å². The molecule has 5 nitrogen and oxygen atoms in total. The number of benzene rings is 1. The molecule has 0 spiro atoms. The van der Waals surface area contributed by atoms with Gasteiger partial charge in [0, 0.05) is 5.69 Å². The molecule has 0 heterocycles. The van der Waals surface area contributed by atoms with Gasteiger partial charge in [-0.25, -0.2) is 4.79 Å². The fraction of sp³-hybridized carbons (Fsp3) is 0.429. The number of anilines is 1. The van der Waals surface area contributed by atoms with E-state index < -0.39 is 17.9 Å². The summed E-state index contributed by atoms with van der Waals surface area (Å²) in [7, 11) is 0. The van der Waals surface area contributed by atoms with Gasteiger partial charge in [0.15, 0.2) is 6.04 Å². The van der Waals surface area contributed by atoms with Crippen molar-refractivity contribution in [3.8, 4) is 0 Å². The summed E-state index contributed by atoms with van der Waals surface area (Å²) in [5, 5.41) is 2.59. The van der Waals surface area contributed by atoms with Gasteiger partial charge in [-0.05, 0) is 31.0 Å². The number of hydrogen-bond donors (Lipinski definition) is 2. The number of esters is 1. The maximum absolute atomic E-state index is 11.7. The van der Waals surface area contributed by atoms with Gasteiger partial charge in [-0.15, -0.1) is 0 Å². The molecule has 104 valence electrons. The summed E-state index contributed by atoms with van der Waals surface area (Å²) < 4.78 is 4.69. The minimum atomic E-state index is -1.30. The Bertz CT molecular complexity index is 429. The van der Waals surface area contributed by atoms with Crippen molar-refractivity contribution in [1.82, 2.24) is 0 Å². The van der Waals surface area contributed by atoms with Crippen LogP contribution in [0.25, 0.3) is 0 Å². The molecule has 0 radical (unpaired) electrons. The molecule has 5 heteroatoms. The van der Waals surface area contributed by atoms with Crippen molar-refractivity contribution >= 4 is 17.6 Å². The Hall–Kier alpha value is -1.88. The van der Waals surface area contributed by atoms with Crippen LogP contribution in [0.2, 0.25) is 0 Å². The van der Waals surface area contributed by atoms with E-state index in [-0.39, 0.29) is 6.61 Å². The molecule has 1 aromatic rings. The van der Waals surface area contributed by atoms with E-state index >= 15 is 0 Å². The number of carbonyl (C=O) groups is 2. The first-order valence-electron chi connectivity index (χ1n) is 6.40. The Morgan fingerprint density at radius 2 is 1.89 bits per heavy atom. The zero-order chi connectivity index (χ0) is 14.3. The average molecular weight is 264 g/mol. The third-order valence-electron chi connectivity index (χ3n) is 2.58. The summed E-state index contributed by atoms with van der Waals surface area (Å²) in [6.45, 7) is 3.97. The Kier molecular flexibility index (Phi) is 6.02. The largest absolute Gasteiger partial charge is 0.464 e. The summed E-state index contributed by atoms with van der Waals surface area (Å²) in [6, 6.07) is 6.17. The third-order valence-corrected chi connectivity index (χ3v) is 2.58. The zero-order valence-electron chi connectivity index (χ0n) is 11.3. The predicted molar refractivity (Wildman–Crippen MR) is 73.7 cm³/mol. The quantitative estimate of drug-likeness (QED) is 0.602. The van der Waals surface area contributed by atoms with Crippen LogP contribution >= 0.6 is 0 Å². The lowest BCUT2D eigenvalue weighted by Gasteiger charge is -2.11. The van der Waals surface area contributed by atoms with E-state index in [9.17, 15) is 9.59 Å². The molecular weight excluding hydrogens is 244 g/mol. The maximum Gasteiger partial charge on any atom is 0.332 e. The summed E-state index contributed by atoms with van der Waals surface area (Å²) in [4.78, 5) is 23.0. The van der Waals surface area contributed by atoms with E-state index in [1.807, 2.05) is 12.1 Å². The molecule has 1 atom stereocenters. The second-order valence-electron chi connectivity index (χ2n) is 4.17. The van der Waals surface area contributed by atoms with E-state index in [1.165, 1.54) is 5.56 Å². The van der Waals surface area contributed by atoms with Crippen molar-refractivity contribution in [2.24, 2.45) is 5.73 Å². The van der Waals surface area contributed by atoms with Crippen molar-refractivity contribution in [3.05, 3.63) is 29.8 Å². The van der Waals surface area contributed by atoms with Gasteiger partial charge in [0.05, 0.1) is 6.61 Å². The molecule has 0 saturated heterocycles. The number of nitrogens with two attached hydrogens (primary N) is 1. The van der Waals surface area contributed by atoms with E-state index in [0.717, 1.165) is 12.8 Å². The van der Waals surface area contributed by atoms with Crippen molar-refractivity contribution in [2.75, 3.05) is 11.9 Å². The van der Waals surface area contributed by atoms with Crippen LogP contribution in [0.4, 0.5) is 5.69 Å². The Balaban J connectivity index is 2.58. The van der Waals surface area contributed by atoms with Crippen LogP contribution in [-0.4, -0.2) is 24.5 Å². The highest BCUT2D eigenvalue weighted by molar-refractivity contribution is 6.08. The standard InChI is InChI=1S/C14H20N2O3/c1-3-5-10-6-8-11(9-7-10)16-13(17)12(15)14(18)19-4-2/h6-9,12H,3-5,15H2,1-2H3,(H,16,17). The first-order chi connectivity index (χ1) is 9.08. The fourth-order valence-corrected chi connectivity index (χ4v) is 1.60. The number of ether oxygens (including phenoxy) is 1. The van der Waals surface area contributed by atoms with E-state index in [2.05, 4.69) is 17.0 Å². The first kappa shape index (κ1) is 15.2. The highest BCUT2D eigenvalue weighted by Crippen LogP contribution is 2.11. The highest BCUT2D eigenvalue weighted by atomic mass is 16.5. The number of aryl methyl sites for hydroxylation is 1. The van der Waals surface area contributed by atoms with Gasteiger partial charge >= 0.3 is 5.97 Å². The second-order valence-corrected chi connectivity index (χ2v) is 4.17. The zero-order valence-corrected chi connectivity index (χ0v) is 11.3. The van der Waals surface area contributed by atoms with Crippen LogP contribution in [0.15, 0.2) is 24.3 Å². The molecule has 0 aliphatic carbocycles. The van der Waals surface area contributed by atoms with Crippen molar-refractivity contribution < 1.29 is 14.3 Å². The third kappa shape index (κ3) is 4.71. The molecule has 1 rings (SSSR count). The lowest BCUT2D eigenvalue weighted by atomic mass is 10.1. The average Bonchev–Trinajstić information content (AvgIpc) is 2.40. The smallest absolute Gasteiger partial charge is 0.332 e. The molecule has 1 unspecified atom stereocenters. The topological polar surface area (TPSA) is 81.4 Å². The number of carbonyl (C=O) groups excluding carboxylic acids is 2. The summed E-state index contributed by atoms with van der Waals surface area (Å²) in [6.07, 6.45) is 2.07. The Labute approximate surface area is 113 Å². The highest BCUT2D eigenvalue weighted by Gasteiger charge is 2.23. The second kappa shape index (κ2) is 7.53. The maximum atomic E-state index is 11.7. The van der Waals surface area contributed by atoms with Gasteiger partial charge in [0.1, 0.15) is 0 Å². The molecule has 0 bridgehead atoms. The molecule has 1 aromatic carbocycles. The van der Waals surface area contributed by atoms with Gasteiger partial charge in [-0.1, -0.05) is 25.5 Å². The molecular formula is C14H20N2O3. The number of hydrogen-bond acceptors (Lipinski definition) is 4. The number of amides is 1. The summed E-state index contributed by atoms with van der Waals surface area (Å²) in [5.41, 5.74) is 7.30. The van der Waals surface area contributed by atoms with E-state index in [1.54, 1.807) is 19.1 Å². The molecule has 3 N–H and O–H groups in total. The minimum absolute atomic E-state index is 0.200. The van der Waals surface area contributed by atoms with E-state index in [4.69, 9.17) is 5.73 Å². The monoisotopic (exact) mass is 264 g/mol. The van der Waals surface area contributed by atoms with Gasteiger partial charge in [0.25, 0.3) is 5.91 Å². The van der Waals surface area contributed by atoms with Crippen molar-refractivity contribution in [2.45, 2.75) is 32.7 Å². The van der Waals surface area contributed by atoms with Crippen LogP contribution in [-0.2, 0) is 20.7 Å². The molecule has 0 aliphatic heterocycles. The molecule has 19 heavy (non-hydrogen) atoms. The van der Waals surface area contributed by atoms with Crippen LogP contribution in [0.1, 0.15) is 25.8 Å². The number of nitrogens with one attached hydrogen (secondary N) is 1.